The summed E-state index contributed by atoms with van der Waals surface area (Å²) in [6.45, 7) is 0. The number of nitrogens with one attached hydrogen (secondary N) is 3. The number of aromatic nitrogens is 2. The smallest absolute Gasteiger partial charge is 0.431 e. The number of aromatic carboxylic acids is 1. The lowest BCUT2D eigenvalue weighted by molar-refractivity contribution is -0.0901. The van der Waals surface area contributed by atoms with Crippen molar-refractivity contribution in [2.75, 3.05) is 10.6 Å². The number of hydrogen-bond acceptors (Lipinski definition) is 6. The van der Waals surface area contributed by atoms with Gasteiger partial charge in [0.1, 0.15) is 11.5 Å². The molecule has 168 valence electrons. The number of rotatable bonds is 7. The van der Waals surface area contributed by atoms with E-state index in [1.165, 1.54) is 60.9 Å². The number of halogens is 3. The zero-order valence-corrected chi connectivity index (χ0v) is 16.7. The number of alkyl halides is 3. The van der Waals surface area contributed by atoms with Crippen molar-refractivity contribution in [2.45, 2.75) is 6.18 Å². The van der Waals surface area contributed by atoms with E-state index in [-0.39, 0.29) is 33.9 Å². The standard InChI is InChI=1S/C22H16F3N5O3/c23-22(24,25)18(10-17(26)15-5-2-8-27-11-15)29-16-6-7-19(28-12-16)30-20(31)13-3-1-4-14(9-13)21(32)33/h1-12,26,29H,(H,32,33)(H,28,30,31)/b18-10-,26-17?. The summed E-state index contributed by atoms with van der Waals surface area (Å²) in [7, 11) is 0. The van der Waals surface area contributed by atoms with Crippen LogP contribution in [0.25, 0.3) is 0 Å². The number of carboxylic acid groups (broad SMARTS) is 1. The maximum absolute atomic E-state index is 13.4. The molecule has 0 unspecified atom stereocenters. The molecule has 2 heterocycles. The summed E-state index contributed by atoms with van der Waals surface area (Å²) in [5, 5.41) is 21.5. The van der Waals surface area contributed by atoms with Gasteiger partial charge >= 0.3 is 12.1 Å². The number of hydrogen-bond donors (Lipinski definition) is 4. The summed E-state index contributed by atoms with van der Waals surface area (Å²) in [4.78, 5) is 31.0. The molecule has 0 saturated heterocycles. The van der Waals surface area contributed by atoms with Gasteiger partial charge in [-0.2, -0.15) is 13.2 Å². The minimum atomic E-state index is -4.77. The number of pyridine rings is 2. The van der Waals surface area contributed by atoms with E-state index >= 15 is 0 Å². The third-order valence-electron chi connectivity index (χ3n) is 4.22. The lowest BCUT2D eigenvalue weighted by Crippen LogP contribution is -2.21. The van der Waals surface area contributed by atoms with Crippen LogP contribution >= 0.6 is 0 Å². The molecule has 0 saturated carbocycles. The molecule has 2 aromatic heterocycles. The summed E-state index contributed by atoms with van der Waals surface area (Å²) < 4.78 is 40.3. The van der Waals surface area contributed by atoms with Gasteiger partial charge in [-0.3, -0.25) is 9.78 Å². The molecule has 0 atom stereocenters. The minimum absolute atomic E-state index is 0.0246. The highest BCUT2D eigenvalue weighted by Gasteiger charge is 2.34. The van der Waals surface area contributed by atoms with Gasteiger partial charge in [-0.1, -0.05) is 6.07 Å². The van der Waals surface area contributed by atoms with E-state index in [1.54, 1.807) is 0 Å². The molecule has 0 radical (unpaired) electrons. The molecule has 1 aromatic carbocycles. The molecule has 0 bridgehead atoms. The van der Waals surface area contributed by atoms with Crippen molar-refractivity contribution >= 4 is 29.1 Å². The molecule has 11 heteroatoms. The lowest BCUT2D eigenvalue weighted by Gasteiger charge is -2.15. The molecule has 3 aromatic rings. The fourth-order valence-electron chi connectivity index (χ4n) is 2.62. The molecule has 0 spiro atoms. The van der Waals surface area contributed by atoms with Crippen LogP contribution in [0.4, 0.5) is 24.7 Å². The van der Waals surface area contributed by atoms with E-state index in [9.17, 15) is 22.8 Å². The first-order chi connectivity index (χ1) is 15.6. The van der Waals surface area contributed by atoms with Crippen molar-refractivity contribution < 1.29 is 27.9 Å². The Morgan fingerprint density at radius 2 is 1.70 bits per heavy atom. The second-order valence-corrected chi connectivity index (χ2v) is 6.61. The molecule has 33 heavy (non-hydrogen) atoms. The SMILES string of the molecule is N=C(/C=C(\Nc1ccc(NC(=O)c2cccc(C(=O)O)c2)nc1)C(F)(F)F)c1cccnc1. The molecule has 4 N–H and O–H groups in total. The second kappa shape index (κ2) is 9.73. The van der Waals surface area contributed by atoms with E-state index in [0.717, 1.165) is 6.20 Å². The molecule has 1 amide bonds. The fourth-order valence-corrected chi connectivity index (χ4v) is 2.62. The lowest BCUT2D eigenvalue weighted by atomic mass is 10.1. The monoisotopic (exact) mass is 455 g/mol. The van der Waals surface area contributed by atoms with E-state index < -0.39 is 23.7 Å². The van der Waals surface area contributed by atoms with Crippen LogP contribution in [0.2, 0.25) is 0 Å². The summed E-state index contributed by atoms with van der Waals surface area (Å²) >= 11 is 0. The number of carbonyl (C=O) groups is 2. The number of benzene rings is 1. The minimum Gasteiger partial charge on any atom is -0.478 e. The third-order valence-corrected chi connectivity index (χ3v) is 4.22. The fraction of sp³-hybridized carbons (Fsp3) is 0.0455. The molecule has 0 aliphatic heterocycles. The van der Waals surface area contributed by atoms with E-state index in [0.29, 0.717) is 6.08 Å². The quantitative estimate of drug-likeness (QED) is 0.392. The predicted octanol–water partition coefficient (Wildman–Crippen LogP) is 4.35. The number of amides is 1. The highest BCUT2D eigenvalue weighted by atomic mass is 19.4. The first-order valence-corrected chi connectivity index (χ1v) is 9.29. The van der Waals surface area contributed by atoms with Crippen LogP contribution in [0.5, 0.6) is 0 Å². The molecule has 0 aliphatic carbocycles. The first-order valence-electron chi connectivity index (χ1n) is 9.29. The Morgan fingerprint density at radius 1 is 0.970 bits per heavy atom. The largest absolute Gasteiger partial charge is 0.478 e. The summed E-state index contributed by atoms with van der Waals surface area (Å²) in [5.41, 5.74) is -1.37. The molecule has 8 nitrogen and oxygen atoms in total. The van der Waals surface area contributed by atoms with Crippen LogP contribution in [0.1, 0.15) is 26.3 Å². The van der Waals surface area contributed by atoms with Gasteiger partial charge in [-0.05, 0) is 48.5 Å². The van der Waals surface area contributed by atoms with Gasteiger partial charge in [0.2, 0.25) is 0 Å². The number of anilines is 2. The highest BCUT2D eigenvalue weighted by molar-refractivity contribution is 6.07. The normalized spacial score (nSPS) is 11.5. The Bertz CT molecular complexity index is 1210. The summed E-state index contributed by atoms with van der Waals surface area (Å²) in [5.74, 6) is -1.78. The number of nitrogens with zero attached hydrogens (tertiary/aromatic N) is 2. The van der Waals surface area contributed by atoms with Crippen molar-refractivity contribution in [1.82, 2.24) is 9.97 Å². The zero-order valence-electron chi connectivity index (χ0n) is 16.7. The number of carbonyl (C=O) groups excluding carboxylic acids is 1. The van der Waals surface area contributed by atoms with Gasteiger partial charge in [-0.25, -0.2) is 9.78 Å². The van der Waals surface area contributed by atoms with Crippen molar-refractivity contribution in [3.63, 3.8) is 0 Å². The van der Waals surface area contributed by atoms with Gasteiger partial charge in [-0.15, -0.1) is 0 Å². The molecular weight excluding hydrogens is 439 g/mol. The zero-order chi connectivity index (χ0) is 24.0. The number of carboxylic acids is 1. The average Bonchev–Trinajstić information content (AvgIpc) is 2.79. The Balaban J connectivity index is 1.73. The van der Waals surface area contributed by atoms with Crippen LogP contribution in [0, 0.1) is 5.41 Å². The first kappa shape index (κ1) is 23.1. The van der Waals surface area contributed by atoms with Crippen molar-refractivity contribution in [3.05, 3.63) is 95.6 Å². The Labute approximate surface area is 185 Å². The predicted molar refractivity (Wildman–Crippen MR) is 114 cm³/mol. The Hall–Kier alpha value is -4.54. The summed E-state index contributed by atoms with van der Waals surface area (Å²) in [6, 6.07) is 10.9. The van der Waals surface area contributed by atoms with Gasteiger partial charge in [0.15, 0.2) is 0 Å². The maximum atomic E-state index is 13.4. The highest BCUT2D eigenvalue weighted by Crippen LogP contribution is 2.27. The van der Waals surface area contributed by atoms with Gasteiger partial charge in [0, 0.05) is 23.5 Å². The van der Waals surface area contributed by atoms with Crippen LogP contribution in [-0.4, -0.2) is 38.8 Å². The van der Waals surface area contributed by atoms with Crippen LogP contribution in [0.3, 0.4) is 0 Å². The maximum Gasteiger partial charge on any atom is 0.431 e. The molecule has 0 aliphatic rings. The summed E-state index contributed by atoms with van der Waals surface area (Å²) in [6.07, 6.45) is -0.328. The van der Waals surface area contributed by atoms with Crippen LogP contribution in [0.15, 0.2) is 78.9 Å². The number of allylic oxidation sites excluding steroid dienone is 2. The molecule has 0 fully saturated rings. The molecular formula is C22H16F3N5O3. The Morgan fingerprint density at radius 3 is 2.30 bits per heavy atom. The van der Waals surface area contributed by atoms with E-state index in [2.05, 4.69) is 20.6 Å². The van der Waals surface area contributed by atoms with E-state index in [4.69, 9.17) is 10.5 Å². The topological polar surface area (TPSA) is 128 Å². The van der Waals surface area contributed by atoms with Gasteiger partial charge in [0.05, 0.1) is 23.2 Å². The Kier molecular flexibility index (Phi) is 6.82. The second-order valence-electron chi connectivity index (χ2n) is 6.61. The van der Waals surface area contributed by atoms with Crippen molar-refractivity contribution in [2.24, 2.45) is 0 Å². The van der Waals surface area contributed by atoms with Crippen LogP contribution in [-0.2, 0) is 0 Å². The average molecular weight is 455 g/mol. The van der Waals surface area contributed by atoms with Gasteiger partial charge < -0.3 is 21.1 Å². The van der Waals surface area contributed by atoms with Crippen molar-refractivity contribution in [3.8, 4) is 0 Å². The van der Waals surface area contributed by atoms with Crippen LogP contribution < -0.4 is 10.6 Å². The van der Waals surface area contributed by atoms with Crippen molar-refractivity contribution in [1.29, 1.82) is 5.41 Å². The van der Waals surface area contributed by atoms with E-state index in [1.807, 2.05) is 0 Å². The molecule has 3 rings (SSSR count). The van der Waals surface area contributed by atoms with Gasteiger partial charge in [0.25, 0.3) is 5.91 Å². The third kappa shape index (κ3) is 6.23.